The molecule has 2 fully saturated rings. The van der Waals surface area contributed by atoms with E-state index in [-0.39, 0.29) is 12.1 Å². The van der Waals surface area contributed by atoms with Gasteiger partial charge in [-0.15, -0.1) is 0 Å². The number of nitrogens with zero attached hydrogens (tertiary/aromatic N) is 1. The van der Waals surface area contributed by atoms with E-state index in [4.69, 9.17) is 4.74 Å². The molecule has 2 heterocycles. The molecule has 2 atom stereocenters. The summed E-state index contributed by atoms with van der Waals surface area (Å²) < 4.78 is 5.38. The first-order valence-electron chi connectivity index (χ1n) is 5.08. The lowest BCUT2D eigenvalue weighted by atomic mass is 10.0. The zero-order chi connectivity index (χ0) is 9.10. The highest BCUT2D eigenvalue weighted by Crippen LogP contribution is 2.14. The summed E-state index contributed by atoms with van der Waals surface area (Å²) >= 11 is 0. The van der Waals surface area contributed by atoms with Gasteiger partial charge in [0.1, 0.15) is 0 Å². The lowest BCUT2D eigenvalue weighted by Crippen LogP contribution is -2.55. The summed E-state index contributed by atoms with van der Waals surface area (Å²) in [4.78, 5) is 2.33. The lowest BCUT2D eigenvalue weighted by Gasteiger charge is -2.39. The number of ether oxygens (including phenoxy) is 1. The van der Waals surface area contributed by atoms with Crippen molar-refractivity contribution in [1.82, 2.24) is 10.2 Å². The summed E-state index contributed by atoms with van der Waals surface area (Å²) in [6, 6.07) is 0.232. The minimum Gasteiger partial charge on any atom is -0.391 e. The average molecular weight is 186 g/mol. The molecule has 0 saturated carbocycles. The van der Waals surface area contributed by atoms with Gasteiger partial charge in [0.2, 0.25) is 0 Å². The van der Waals surface area contributed by atoms with Crippen molar-refractivity contribution in [2.45, 2.75) is 18.6 Å². The van der Waals surface area contributed by atoms with Gasteiger partial charge in [0.05, 0.1) is 18.8 Å². The first kappa shape index (κ1) is 9.40. The smallest absolute Gasteiger partial charge is 0.0739 e. The third-order valence-corrected chi connectivity index (χ3v) is 2.91. The second-order valence-electron chi connectivity index (χ2n) is 3.78. The minimum atomic E-state index is -0.188. The fraction of sp³-hybridized carbons (Fsp3) is 1.00. The highest BCUT2D eigenvalue weighted by Gasteiger charge is 2.29. The van der Waals surface area contributed by atoms with Crippen LogP contribution in [0, 0.1) is 0 Å². The molecule has 2 saturated heterocycles. The van der Waals surface area contributed by atoms with E-state index in [1.54, 1.807) is 0 Å². The Kier molecular flexibility index (Phi) is 3.16. The van der Waals surface area contributed by atoms with Crippen molar-refractivity contribution < 1.29 is 9.84 Å². The number of aliphatic hydroxyl groups excluding tert-OH is 1. The topological polar surface area (TPSA) is 44.7 Å². The Morgan fingerprint density at radius 2 is 2.08 bits per heavy atom. The van der Waals surface area contributed by atoms with Crippen molar-refractivity contribution in [3.05, 3.63) is 0 Å². The van der Waals surface area contributed by atoms with Crippen LogP contribution in [0.1, 0.15) is 6.42 Å². The second kappa shape index (κ2) is 4.37. The van der Waals surface area contributed by atoms with E-state index in [9.17, 15) is 5.11 Å². The number of rotatable bonds is 1. The Balaban J connectivity index is 1.88. The van der Waals surface area contributed by atoms with E-state index in [0.29, 0.717) is 13.2 Å². The van der Waals surface area contributed by atoms with Gasteiger partial charge in [-0.3, -0.25) is 4.90 Å². The molecule has 0 bridgehead atoms. The van der Waals surface area contributed by atoms with Crippen LogP contribution in [-0.4, -0.2) is 61.5 Å². The van der Waals surface area contributed by atoms with Gasteiger partial charge < -0.3 is 15.2 Å². The fourth-order valence-electron chi connectivity index (χ4n) is 2.07. The molecule has 4 heteroatoms. The summed E-state index contributed by atoms with van der Waals surface area (Å²) in [5, 5.41) is 13.1. The SMILES string of the molecule is OC1CCOCC1N1CCNCC1. The molecule has 0 aromatic heterocycles. The maximum atomic E-state index is 9.78. The number of piperazine rings is 1. The molecular formula is C9H18N2O2. The van der Waals surface area contributed by atoms with Crippen molar-refractivity contribution >= 4 is 0 Å². The number of aliphatic hydroxyl groups is 1. The molecule has 2 N–H and O–H groups in total. The zero-order valence-corrected chi connectivity index (χ0v) is 7.91. The Bertz CT molecular complexity index is 160. The molecule has 0 radical (unpaired) electrons. The van der Waals surface area contributed by atoms with E-state index in [1.165, 1.54) is 0 Å². The van der Waals surface area contributed by atoms with Gasteiger partial charge in [0.25, 0.3) is 0 Å². The summed E-state index contributed by atoms with van der Waals surface area (Å²) in [7, 11) is 0. The van der Waals surface area contributed by atoms with E-state index in [2.05, 4.69) is 10.2 Å². The van der Waals surface area contributed by atoms with Crippen molar-refractivity contribution in [1.29, 1.82) is 0 Å². The summed E-state index contributed by atoms with van der Waals surface area (Å²) in [5.41, 5.74) is 0. The molecule has 2 aliphatic rings. The van der Waals surface area contributed by atoms with E-state index in [1.807, 2.05) is 0 Å². The highest BCUT2D eigenvalue weighted by atomic mass is 16.5. The van der Waals surface area contributed by atoms with Crippen LogP contribution in [0.25, 0.3) is 0 Å². The minimum absolute atomic E-state index is 0.188. The Labute approximate surface area is 78.9 Å². The molecule has 0 aromatic carbocycles. The van der Waals surface area contributed by atoms with Crippen molar-refractivity contribution in [2.24, 2.45) is 0 Å². The maximum Gasteiger partial charge on any atom is 0.0739 e. The van der Waals surface area contributed by atoms with Gasteiger partial charge in [-0.1, -0.05) is 0 Å². The van der Waals surface area contributed by atoms with Crippen LogP contribution in [-0.2, 0) is 4.74 Å². The number of hydrogen-bond donors (Lipinski definition) is 2. The third kappa shape index (κ3) is 2.20. The first-order chi connectivity index (χ1) is 6.38. The average Bonchev–Trinajstić information content (AvgIpc) is 2.20. The standard InChI is InChI=1S/C9H18N2O2/c12-9-1-6-13-7-8(9)11-4-2-10-3-5-11/h8-10,12H,1-7H2. The van der Waals surface area contributed by atoms with Crippen LogP contribution in [0.2, 0.25) is 0 Å². The van der Waals surface area contributed by atoms with Gasteiger partial charge >= 0.3 is 0 Å². The molecule has 4 nitrogen and oxygen atoms in total. The van der Waals surface area contributed by atoms with Crippen LogP contribution in [0.15, 0.2) is 0 Å². The molecular weight excluding hydrogens is 168 g/mol. The predicted octanol–water partition coefficient (Wildman–Crippen LogP) is -0.959. The normalized spacial score (nSPS) is 37.6. The van der Waals surface area contributed by atoms with Gasteiger partial charge in [-0.25, -0.2) is 0 Å². The summed E-state index contributed by atoms with van der Waals surface area (Å²) in [6.07, 6.45) is 0.598. The van der Waals surface area contributed by atoms with Gasteiger partial charge in [0.15, 0.2) is 0 Å². The largest absolute Gasteiger partial charge is 0.391 e. The van der Waals surface area contributed by atoms with Crippen molar-refractivity contribution in [3.63, 3.8) is 0 Å². The molecule has 0 spiro atoms. The molecule has 0 aliphatic carbocycles. The number of nitrogens with one attached hydrogen (secondary N) is 1. The van der Waals surface area contributed by atoms with Gasteiger partial charge in [-0.2, -0.15) is 0 Å². The molecule has 2 aliphatic heterocycles. The Morgan fingerprint density at radius 1 is 1.31 bits per heavy atom. The van der Waals surface area contributed by atoms with Crippen LogP contribution in [0.5, 0.6) is 0 Å². The van der Waals surface area contributed by atoms with Crippen molar-refractivity contribution in [3.8, 4) is 0 Å². The Morgan fingerprint density at radius 3 is 2.77 bits per heavy atom. The molecule has 76 valence electrons. The highest BCUT2D eigenvalue weighted by molar-refractivity contribution is 4.84. The summed E-state index contributed by atoms with van der Waals surface area (Å²) in [6.45, 7) is 5.54. The predicted molar refractivity (Wildman–Crippen MR) is 49.7 cm³/mol. The van der Waals surface area contributed by atoms with Crippen LogP contribution in [0.3, 0.4) is 0 Å². The monoisotopic (exact) mass is 186 g/mol. The fourth-order valence-corrected chi connectivity index (χ4v) is 2.07. The first-order valence-corrected chi connectivity index (χ1v) is 5.08. The molecule has 13 heavy (non-hydrogen) atoms. The maximum absolute atomic E-state index is 9.78. The molecule has 2 rings (SSSR count). The van der Waals surface area contributed by atoms with Crippen molar-refractivity contribution in [2.75, 3.05) is 39.4 Å². The van der Waals surface area contributed by atoms with Crippen LogP contribution >= 0.6 is 0 Å². The third-order valence-electron chi connectivity index (χ3n) is 2.91. The Hall–Kier alpha value is -0.160. The van der Waals surface area contributed by atoms with Crippen LogP contribution in [0.4, 0.5) is 0 Å². The van der Waals surface area contributed by atoms with E-state index in [0.717, 1.165) is 32.6 Å². The molecule has 2 unspecified atom stereocenters. The van der Waals surface area contributed by atoms with Crippen LogP contribution < -0.4 is 5.32 Å². The zero-order valence-electron chi connectivity index (χ0n) is 7.91. The number of hydrogen-bond acceptors (Lipinski definition) is 4. The molecule has 0 amide bonds. The second-order valence-corrected chi connectivity index (χ2v) is 3.78. The van der Waals surface area contributed by atoms with E-state index < -0.39 is 0 Å². The van der Waals surface area contributed by atoms with Gasteiger partial charge in [-0.05, 0) is 6.42 Å². The summed E-state index contributed by atoms with van der Waals surface area (Å²) in [5.74, 6) is 0. The molecule has 0 aromatic rings. The quantitative estimate of drug-likeness (QED) is 0.554. The van der Waals surface area contributed by atoms with Gasteiger partial charge in [0, 0.05) is 32.8 Å². The lowest BCUT2D eigenvalue weighted by molar-refractivity contribution is -0.0637. The van der Waals surface area contributed by atoms with E-state index >= 15 is 0 Å².